The molecule has 1 heterocycles. The minimum absolute atomic E-state index is 0.0306. The molecule has 1 amide bonds. The first-order chi connectivity index (χ1) is 16.8. The Morgan fingerprint density at radius 3 is 2.54 bits per heavy atom. The summed E-state index contributed by atoms with van der Waals surface area (Å²) in [6.07, 6.45) is -0.631. The first-order valence-electron chi connectivity index (χ1n) is 11.7. The number of amides is 1. The zero-order chi connectivity index (χ0) is 25.2. The number of aliphatic hydroxyl groups is 1. The molecule has 10 heteroatoms. The van der Waals surface area contributed by atoms with Crippen LogP contribution in [0, 0.1) is 16.0 Å². The Labute approximate surface area is 210 Å². The first-order valence-corrected chi connectivity index (χ1v) is 12.5. The molecule has 1 saturated heterocycles. The summed E-state index contributed by atoms with van der Waals surface area (Å²) in [6.45, 7) is 6.07. The standard InChI is InChI=1S/C25H33N3O6S/c1-18(2)15-27(35-22-10-8-20(9-11-22)28(31)32)16-24(29)23(14-19-6-4-3-5-7-19)26-25(30)34-21-12-13-33-17-21/h3-11,18,21,23-24,29H,12-17H2,1-2H3,(H,26,30)/t21-,23?,24?/m0/s1. The van der Waals surface area contributed by atoms with E-state index < -0.39 is 23.2 Å². The third-order valence-corrected chi connectivity index (χ3v) is 6.51. The van der Waals surface area contributed by atoms with Gasteiger partial charge in [-0.3, -0.25) is 10.1 Å². The average Bonchev–Trinajstić information content (AvgIpc) is 3.32. The smallest absolute Gasteiger partial charge is 0.407 e. The van der Waals surface area contributed by atoms with Crippen molar-refractivity contribution in [1.29, 1.82) is 0 Å². The second kappa shape index (κ2) is 13.4. The van der Waals surface area contributed by atoms with Gasteiger partial charge in [0.1, 0.15) is 6.10 Å². The number of benzene rings is 2. The normalized spacial score (nSPS) is 17.3. The molecule has 3 atom stereocenters. The van der Waals surface area contributed by atoms with E-state index >= 15 is 0 Å². The van der Waals surface area contributed by atoms with Crippen molar-refractivity contribution in [2.75, 3.05) is 26.3 Å². The van der Waals surface area contributed by atoms with Gasteiger partial charge in [0.25, 0.3) is 5.69 Å². The van der Waals surface area contributed by atoms with Crippen LogP contribution in [-0.2, 0) is 15.9 Å². The number of hydrogen-bond donors (Lipinski definition) is 2. The summed E-state index contributed by atoms with van der Waals surface area (Å²) >= 11 is 1.42. The van der Waals surface area contributed by atoms with Crippen molar-refractivity contribution in [2.45, 2.75) is 49.8 Å². The number of aliphatic hydroxyl groups excluding tert-OH is 1. The van der Waals surface area contributed by atoms with E-state index in [0.717, 1.165) is 10.5 Å². The van der Waals surface area contributed by atoms with Gasteiger partial charge in [-0.15, -0.1) is 0 Å². The molecule has 0 bridgehead atoms. The molecule has 0 radical (unpaired) electrons. The molecule has 0 aliphatic carbocycles. The van der Waals surface area contributed by atoms with Crippen LogP contribution in [0.1, 0.15) is 25.8 Å². The first kappa shape index (κ1) is 26.9. The maximum atomic E-state index is 12.6. The van der Waals surface area contributed by atoms with Crippen LogP contribution < -0.4 is 5.32 Å². The fourth-order valence-electron chi connectivity index (χ4n) is 3.76. The molecule has 0 aromatic heterocycles. The summed E-state index contributed by atoms with van der Waals surface area (Å²) < 4.78 is 12.8. The number of rotatable bonds is 12. The predicted molar refractivity (Wildman–Crippen MR) is 134 cm³/mol. The minimum atomic E-state index is -0.883. The van der Waals surface area contributed by atoms with E-state index in [1.807, 2.05) is 34.6 Å². The number of nitrogens with zero attached hydrogens (tertiary/aromatic N) is 2. The molecule has 2 unspecified atom stereocenters. The van der Waals surface area contributed by atoms with Gasteiger partial charge in [0, 0.05) is 36.5 Å². The molecule has 9 nitrogen and oxygen atoms in total. The number of ether oxygens (including phenoxy) is 2. The van der Waals surface area contributed by atoms with Gasteiger partial charge in [0.05, 0.1) is 30.3 Å². The van der Waals surface area contributed by atoms with Crippen molar-refractivity contribution in [1.82, 2.24) is 9.62 Å². The second-order valence-corrected chi connectivity index (χ2v) is 10.2. The van der Waals surface area contributed by atoms with Crippen LogP contribution in [0.25, 0.3) is 0 Å². The monoisotopic (exact) mass is 503 g/mol. The SMILES string of the molecule is CC(C)CN(CC(O)C(Cc1ccccc1)NC(=O)O[C@H]1CCOC1)Sc1ccc([N+](=O)[O-])cc1. The number of nitro groups is 1. The van der Waals surface area contributed by atoms with E-state index in [4.69, 9.17) is 9.47 Å². The van der Waals surface area contributed by atoms with Crippen LogP contribution >= 0.6 is 11.9 Å². The Kier molecular flexibility index (Phi) is 10.3. The van der Waals surface area contributed by atoms with Crippen molar-refractivity contribution < 1.29 is 24.3 Å². The molecule has 190 valence electrons. The lowest BCUT2D eigenvalue weighted by Crippen LogP contribution is -2.49. The van der Waals surface area contributed by atoms with Crippen LogP contribution in [0.15, 0.2) is 59.5 Å². The number of hydrogen-bond acceptors (Lipinski definition) is 8. The van der Waals surface area contributed by atoms with Crippen LogP contribution in [0.4, 0.5) is 10.5 Å². The van der Waals surface area contributed by atoms with Gasteiger partial charge in [-0.2, -0.15) is 0 Å². The molecule has 2 N–H and O–H groups in total. The van der Waals surface area contributed by atoms with Crippen LogP contribution in [-0.4, -0.2) is 65.0 Å². The van der Waals surface area contributed by atoms with E-state index in [-0.39, 0.29) is 18.3 Å². The number of nitro benzene ring substituents is 1. The highest BCUT2D eigenvalue weighted by molar-refractivity contribution is 7.97. The van der Waals surface area contributed by atoms with Crippen molar-refractivity contribution in [3.63, 3.8) is 0 Å². The molecule has 2 aromatic rings. The number of nitrogens with one attached hydrogen (secondary N) is 1. The Morgan fingerprint density at radius 1 is 1.23 bits per heavy atom. The summed E-state index contributed by atoms with van der Waals surface area (Å²) in [5, 5.41) is 25.0. The zero-order valence-electron chi connectivity index (χ0n) is 20.0. The molecular weight excluding hydrogens is 470 g/mol. The van der Waals surface area contributed by atoms with E-state index in [9.17, 15) is 20.0 Å². The van der Waals surface area contributed by atoms with Crippen LogP contribution in [0.5, 0.6) is 0 Å². The summed E-state index contributed by atoms with van der Waals surface area (Å²) in [4.78, 5) is 23.9. The third-order valence-electron chi connectivity index (χ3n) is 5.47. The maximum absolute atomic E-state index is 12.6. The van der Waals surface area contributed by atoms with E-state index in [0.29, 0.717) is 38.5 Å². The van der Waals surface area contributed by atoms with Crippen molar-refractivity contribution in [3.8, 4) is 0 Å². The quantitative estimate of drug-likeness (QED) is 0.253. The fraction of sp³-hybridized carbons (Fsp3) is 0.480. The highest BCUT2D eigenvalue weighted by Gasteiger charge is 2.27. The average molecular weight is 504 g/mol. The number of carbonyl (C=O) groups is 1. The zero-order valence-corrected chi connectivity index (χ0v) is 20.9. The summed E-state index contributed by atoms with van der Waals surface area (Å²) in [7, 11) is 0. The Balaban J connectivity index is 1.69. The lowest BCUT2D eigenvalue weighted by atomic mass is 10.0. The number of non-ortho nitro benzene ring substituents is 1. The summed E-state index contributed by atoms with van der Waals surface area (Å²) in [5.74, 6) is 0.320. The Hall–Kier alpha value is -2.66. The second-order valence-electron chi connectivity index (χ2n) is 8.98. The topological polar surface area (TPSA) is 114 Å². The van der Waals surface area contributed by atoms with Gasteiger partial charge in [-0.1, -0.05) is 44.2 Å². The van der Waals surface area contributed by atoms with Crippen molar-refractivity contribution in [2.24, 2.45) is 5.92 Å². The molecule has 35 heavy (non-hydrogen) atoms. The molecule has 0 saturated carbocycles. The van der Waals surface area contributed by atoms with E-state index in [1.165, 1.54) is 24.1 Å². The molecule has 0 spiro atoms. The molecule has 1 aliphatic rings. The highest BCUT2D eigenvalue weighted by Crippen LogP contribution is 2.26. The molecule has 1 fully saturated rings. The van der Waals surface area contributed by atoms with Crippen molar-refractivity contribution >= 4 is 23.7 Å². The molecule has 3 rings (SSSR count). The van der Waals surface area contributed by atoms with Crippen molar-refractivity contribution in [3.05, 3.63) is 70.3 Å². The number of carbonyl (C=O) groups excluding carboxylic acids is 1. The maximum Gasteiger partial charge on any atom is 0.407 e. The lowest BCUT2D eigenvalue weighted by Gasteiger charge is -2.30. The van der Waals surface area contributed by atoms with Gasteiger partial charge in [0.2, 0.25) is 0 Å². The largest absolute Gasteiger partial charge is 0.444 e. The fourth-order valence-corrected chi connectivity index (χ4v) is 4.92. The predicted octanol–water partition coefficient (Wildman–Crippen LogP) is 4.05. The molecular formula is C25H33N3O6S. The minimum Gasteiger partial charge on any atom is -0.444 e. The van der Waals surface area contributed by atoms with Crippen LogP contribution in [0.3, 0.4) is 0 Å². The third kappa shape index (κ3) is 9.14. The highest BCUT2D eigenvalue weighted by atomic mass is 32.2. The van der Waals surface area contributed by atoms with E-state index in [1.54, 1.807) is 12.1 Å². The Bertz CT molecular complexity index is 938. The lowest BCUT2D eigenvalue weighted by molar-refractivity contribution is -0.384. The van der Waals surface area contributed by atoms with Gasteiger partial charge < -0.3 is 19.9 Å². The van der Waals surface area contributed by atoms with Crippen LogP contribution in [0.2, 0.25) is 0 Å². The van der Waals surface area contributed by atoms with Gasteiger partial charge in [-0.25, -0.2) is 9.10 Å². The number of alkyl carbamates (subject to hydrolysis) is 1. The van der Waals surface area contributed by atoms with Gasteiger partial charge in [0.15, 0.2) is 0 Å². The van der Waals surface area contributed by atoms with Gasteiger partial charge in [-0.05, 0) is 42.0 Å². The van der Waals surface area contributed by atoms with E-state index in [2.05, 4.69) is 19.2 Å². The summed E-state index contributed by atoms with van der Waals surface area (Å²) in [6, 6.07) is 15.4. The Morgan fingerprint density at radius 2 is 1.94 bits per heavy atom. The molecule has 1 aliphatic heterocycles. The summed E-state index contributed by atoms with van der Waals surface area (Å²) in [5.41, 5.74) is 1.02. The van der Waals surface area contributed by atoms with Gasteiger partial charge >= 0.3 is 6.09 Å². The molecule has 2 aromatic carbocycles.